The molecule has 0 spiro atoms. The van der Waals surface area contributed by atoms with Crippen molar-refractivity contribution in [1.82, 2.24) is 19.9 Å². The van der Waals surface area contributed by atoms with Crippen LogP contribution < -0.4 is 9.88 Å². The van der Waals surface area contributed by atoms with Crippen LogP contribution >= 0.6 is 0 Å². The number of alkyl halides is 3. The zero-order chi connectivity index (χ0) is 20.6. The highest BCUT2D eigenvalue weighted by molar-refractivity contribution is 6.15. The van der Waals surface area contributed by atoms with Gasteiger partial charge in [0.1, 0.15) is 17.0 Å². The van der Waals surface area contributed by atoms with Crippen LogP contribution in [0.15, 0.2) is 24.5 Å². The van der Waals surface area contributed by atoms with E-state index in [4.69, 9.17) is 4.74 Å². The van der Waals surface area contributed by atoms with Crippen molar-refractivity contribution < 1.29 is 17.9 Å². The fourth-order valence-electron chi connectivity index (χ4n) is 3.50. The summed E-state index contributed by atoms with van der Waals surface area (Å²) in [5.41, 5.74) is -0.316. The first-order valence-electron chi connectivity index (χ1n) is 9.12. The summed E-state index contributed by atoms with van der Waals surface area (Å²) in [6, 6.07) is 3.81. The molecule has 1 aliphatic heterocycles. The van der Waals surface area contributed by atoms with Crippen molar-refractivity contribution in [3.63, 3.8) is 0 Å². The molecule has 1 atom stereocenters. The summed E-state index contributed by atoms with van der Waals surface area (Å²) in [5.74, 6) is 0.796. The van der Waals surface area contributed by atoms with E-state index in [1.807, 2.05) is 6.07 Å². The maximum atomic E-state index is 13.5. The number of nitrogens with one attached hydrogen (secondary N) is 2. The highest BCUT2D eigenvalue weighted by atomic mass is 28.2. The number of fused-ring (bicyclic) bond motifs is 1. The van der Waals surface area contributed by atoms with Crippen LogP contribution in [-0.2, 0) is 10.9 Å². The van der Waals surface area contributed by atoms with Gasteiger partial charge in [0.05, 0.1) is 24.9 Å². The lowest BCUT2D eigenvalue weighted by atomic mass is 10.1. The molecule has 3 aromatic heterocycles. The van der Waals surface area contributed by atoms with E-state index in [0.717, 1.165) is 25.0 Å². The van der Waals surface area contributed by atoms with Gasteiger partial charge in [-0.3, -0.25) is 0 Å². The van der Waals surface area contributed by atoms with E-state index in [-0.39, 0.29) is 17.7 Å². The van der Waals surface area contributed by atoms with Crippen LogP contribution in [0.4, 0.5) is 24.9 Å². The molecule has 7 nitrogen and oxygen atoms in total. The van der Waals surface area contributed by atoms with Crippen LogP contribution in [0, 0.1) is 0 Å². The molecule has 4 rings (SSSR count). The highest BCUT2D eigenvalue weighted by Crippen LogP contribution is 2.38. The molecule has 2 N–H and O–H groups in total. The van der Waals surface area contributed by atoms with Crippen LogP contribution in [0.2, 0.25) is 0 Å². The van der Waals surface area contributed by atoms with Crippen molar-refractivity contribution in [3.8, 4) is 11.3 Å². The number of halogens is 3. The molecule has 0 aromatic carbocycles. The Morgan fingerprint density at radius 3 is 2.90 bits per heavy atom. The van der Waals surface area contributed by atoms with E-state index in [2.05, 4.69) is 47.1 Å². The standard InChI is InChI=1S/C18H18F3N6OSi/c1-2-10-9-28-6-5-27(10)14-4-3-11-12(7-22-16(11)24-14)15-13(18(19,20)21)8-23-17(25-15)26-29/h3-4,7-8,10H,2,5-6,9H2,1H3,(H,22,24)(H,23,25,26)/t10-/m0/s1. The number of pyridine rings is 1. The van der Waals surface area contributed by atoms with E-state index >= 15 is 0 Å². The molecule has 1 aliphatic rings. The SMILES string of the molecule is CC[C@H]1COCCN1c1ccc2c(-c3nc(N[Si])ncc3C(F)(F)F)c[nH]c2n1. The molecule has 0 saturated carbocycles. The van der Waals surface area contributed by atoms with Gasteiger partial charge in [-0.1, -0.05) is 6.92 Å². The minimum atomic E-state index is -4.58. The van der Waals surface area contributed by atoms with Gasteiger partial charge in [-0.05, 0) is 18.6 Å². The van der Waals surface area contributed by atoms with E-state index in [0.29, 0.717) is 29.8 Å². The first kappa shape index (κ1) is 19.6. The third-order valence-electron chi connectivity index (χ3n) is 4.98. The molecule has 11 heteroatoms. The molecule has 4 heterocycles. The summed E-state index contributed by atoms with van der Waals surface area (Å²) in [5, 5.41) is 0.555. The van der Waals surface area contributed by atoms with E-state index < -0.39 is 11.7 Å². The smallest absolute Gasteiger partial charge is 0.382 e. The number of aromatic amines is 1. The second kappa shape index (κ2) is 7.63. The lowest BCUT2D eigenvalue weighted by Crippen LogP contribution is -2.45. The summed E-state index contributed by atoms with van der Waals surface area (Å²) < 4.78 is 46.1. The summed E-state index contributed by atoms with van der Waals surface area (Å²) in [7, 11) is 3.01. The lowest BCUT2D eigenvalue weighted by Gasteiger charge is -2.36. The summed E-state index contributed by atoms with van der Waals surface area (Å²) >= 11 is 0. The molecule has 1 saturated heterocycles. The number of H-pyrrole nitrogens is 1. The van der Waals surface area contributed by atoms with Crippen molar-refractivity contribution in [2.45, 2.75) is 25.6 Å². The molecule has 151 valence electrons. The van der Waals surface area contributed by atoms with Gasteiger partial charge in [0.25, 0.3) is 0 Å². The van der Waals surface area contributed by atoms with Crippen molar-refractivity contribution in [3.05, 3.63) is 30.1 Å². The maximum Gasteiger partial charge on any atom is 0.419 e. The Bertz CT molecular complexity index is 1020. The topological polar surface area (TPSA) is 79.0 Å². The number of hydrogen-bond acceptors (Lipinski definition) is 6. The summed E-state index contributed by atoms with van der Waals surface area (Å²) in [6.45, 7) is 4.05. The number of ether oxygens (including phenoxy) is 1. The number of nitrogens with zero attached hydrogens (tertiary/aromatic N) is 4. The van der Waals surface area contributed by atoms with Gasteiger partial charge < -0.3 is 19.6 Å². The van der Waals surface area contributed by atoms with Crippen LogP contribution in [0.1, 0.15) is 18.9 Å². The summed E-state index contributed by atoms with van der Waals surface area (Å²) in [4.78, 5) is 20.0. The Morgan fingerprint density at radius 1 is 1.34 bits per heavy atom. The van der Waals surface area contributed by atoms with Crippen LogP contribution in [0.5, 0.6) is 0 Å². The molecule has 0 aliphatic carbocycles. The van der Waals surface area contributed by atoms with Gasteiger partial charge in [0.15, 0.2) is 10.4 Å². The Balaban J connectivity index is 1.79. The zero-order valence-electron chi connectivity index (χ0n) is 15.5. The Labute approximate surface area is 168 Å². The number of morpholine rings is 1. The molecule has 0 bridgehead atoms. The predicted octanol–water partition coefficient (Wildman–Crippen LogP) is 3.15. The van der Waals surface area contributed by atoms with Gasteiger partial charge in [-0.25, -0.2) is 15.0 Å². The fourth-order valence-corrected chi connectivity index (χ4v) is 3.62. The number of anilines is 2. The molecule has 3 aromatic rings. The molecule has 1 fully saturated rings. The van der Waals surface area contributed by atoms with E-state index in [9.17, 15) is 13.2 Å². The first-order chi connectivity index (χ1) is 13.9. The maximum absolute atomic E-state index is 13.5. The highest BCUT2D eigenvalue weighted by Gasteiger charge is 2.36. The van der Waals surface area contributed by atoms with Gasteiger partial charge in [-0.15, -0.1) is 0 Å². The van der Waals surface area contributed by atoms with Crippen molar-refractivity contribution in [2.75, 3.05) is 29.6 Å². The van der Waals surface area contributed by atoms with Crippen molar-refractivity contribution in [2.24, 2.45) is 0 Å². The minimum Gasteiger partial charge on any atom is -0.382 e. The van der Waals surface area contributed by atoms with Crippen molar-refractivity contribution >= 4 is 33.2 Å². The third-order valence-corrected chi connectivity index (χ3v) is 5.20. The summed E-state index contributed by atoms with van der Waals surface area (Å²) in [6.07, 6.45) is -1.41. The Hall–Kier alpha value is -2.66. The van der Waals surface area contributed by atoms with Gasteiger partial charge in [-0.2, -0.15) is 13.2 Å². The second-order valence-corrected chi connectivity index (χ2v) is 6.93. The van der Waals surface area contributed by atoms with E-state index in [1.54, 1.807) is 6.07 Å². The molecule has 29 heavy (non-hydrogen) atoms. The number of hydrogen-bond donors (Lipinski definition) is 2. The number of aromatic nitrogens is 4. The van der Waals surface area contributed by atoms with Crippen LogP contribution in [0.3, 0.4) is 0 Å². The van der Waals surface area contributed by atoms with Crippen LogP contribution in [0.25, 0.3) is 22.3 Å². The molecule has 0 unspecified atom stereocenters. The van der Waals surface area contributed by atoms with Gasteiger partial charge >= 0.3 is 6.18 Å². The van der Waals surface area contributed by atoms with Crippen LogP contribution in [-0.4, -0.2) is 56.1 Å². The molecule has 3 radical (unpaired) electrons. The quantitative estimate of drug-likeness (QED) is 0.633. The average Bonchev–Trinajstić information content (AvgIpc) is 3.15. The fraction of sp³-hybridized carbons (Fsp3) is 0.389. The molecule has 0 amide bonds. The molecular formula is C18H18F3N6OSi. The van der Waals surface area contributed by atoms with Crippen molar-refractivity contribution in [1.29, 1.82) is 0 Å². The third kappa shape index (κ3) is 3.67. The minimum absolute atomic E-state index is 0.0303. The second-order valence-electron chi connectivity index (χ2n) is 6.68. The predicted molar refractivity (Wildman–Crippen MR) is 104 cm³/mol. The zero-order valence-corrected chi connectivity index (χ0v) is 16.5. The Morgan fingerprint density at radius 2 is 2.17 bits per heavy atom. The Kier molecular flexibility index (Phi) is 5.17. The molecular weight excluding hydrogens is 401 g/mol. The first-order valence-corrected chi connectivity index (χ1v) is 9.62. The average molecular weight is 419 g/mol. The largest absolute Gasteiger partial charge is 0.419 e. The monoisotopic (exact) mass is 419 g/mol. The van der Waals surface area contributed by atoms with E-state index in [1.165, 1.54) is 6.20 Å². The number of rotatable bonds is 4. The van der Waals surface area contributed by atoms with Gasteiger partial charge in [0.2, 0.25) is 5.95 Å². The lowest BCUT2D eigenvalue weighted by molar-refractivity contribution is -0.137. The normalized spacial score (nSPS) is 17.7. The van der Waals surface area contributed by atoms with Gasteiger partial charge in [0, 0.05) is 29.9 Å².